The molecule has 1 aromatic rings. The van der Waals surface area contributed by atoms with Crippen LogP contribution in [0.15, 0.2) is 42.5 Å². The van der Waals surface area contributed by atoms with Gasteiger partial charge in [0.1, 0.15) is 0 Å². The second kappa shape index (κ2) is 9.18. The molecule has 0 bridgehead atoms. The van der Waals surface area contributed by atoms with Gasteiger partial charge >= 0.3 is 0 Å². The SMILES string of the molecule is CC(=O)/C=C/C(CC1CCNC1=O)NC(=O)/C=C/c1ccc(Cl)cc1. The minimum atomic E-state index is -0.375. The number of hydrogen-bond acceptors (Lipinski definition) is 3. The van der Waals surface area contributed by atoms with E-state index in [9.17, 15) is 14.4 Å². The topological polar surface area (TPSA) is 75.3 Å². The van der Waals surface area contributed by atoms with E-state index in [2.05, 4.69) is 10.6 Å². The summed E-state index contributed by atoms with van der Waals surface area (Å²) in [7, 11) is 0. The molecule has 1 aliphatic heterocycles. The maximum atomic E-state index is 12.2. The van der Waals surface area contributed by atoms with Crippen molar-refractivity contribution < 1.29 is 14.4 Å². The molecular formula is C19H21ClN2O3. The van der Waals surface area contributed by atoms with Crippen molar-refractivity contribution in [2.24, 2.45) is 5.92 Å². The van der Waals surface area contributed by atoms with E-state index < -0.39 is 0 Å². The number of allylic oxidation sites excluding steroid dienone is 1. The van der Waals surface area contributed by atoms with Gasteiger partial charge in [0.05, 0.1) is 0 Å². The van der Waals surface area contributed by atoms with Gasteiger partial charge in [-0.2, -0.15) is 0 Å². The zero-order valence-electron chi connectivity index (χ0n) is 14.0. The van der Waals surface area contributed by atoms with Crippen molar-refractivity contribution in [2.75, 3.05) is 6.54 Å². The van der Waals surface area contributed by atoms with Crippen molar-refractivity contribution in [2.45, 2.75) is 25.8 Å². The first-order valence-corrected chi connectivity index (χ1v) is 8.52. The molecule has 5 nitrogen and oxygen atoms in total. The molecule has 6 heteroatoms. The Morgan fingerprint density at radius 1 is 1.32 bits per heavy atom. The van der Waals surface area contributed by atoms with Crippen molar-refractivity contribution in [1.29, 1.82) is 0 Å². The largest absolute Gasteiger partial charge is 0.356 e. The van der Waals surface area contributed by atoms with Gasteiger partial charge in [-0.15, -0.1) is 0 Å². The lowest BCUT2D eigenvalue weighted by Gasteiger charge is -2.16. The number of hydrogen-bond donors (Lipinski definition) is 2. The number of carbonyl (C=O) groups is 3. The molecule has 0 saturated carbocycles. The van der Waals surface area contributed by atoms with Crippen molar-refractivity contribution in [3.05, 3.63) is 53.1 Å². The van der Waals surface area contributed by atoms with E-state index in [0.29, 0.717) is 18.0 Å². The fraction of sp³-hybridized carbons (Fsp3) is 0.316. The number of ketones is 1. The summed E-state index contributed by atoms with van der Waals surface area (Å²) in [6, 6.07) is 6.73. The Labute approximate surface area is 152 Å². The molecule has 0 radical (unpaired) electrons. The third-order valence-electron chi connectivity index (χ3n) is 3.89. The number of rotatable bonds is 7. The second-order valence-electron chi connectivity index (χ2n) is 5.98. The Morgan fingerprint density at radius 2 is 2.04 bits per heavy atom. The van der Waals surface area contributed by atoms with Crippen molar-refractivity contribution >= 4 is 35.3 Å². The first-order valence-electron chi connectivity index (χ1n) is 8.14. The van der Waals surface area contributed by atoms with Gasteiger partial charge in [-0.05, 0) is 49.6 Å². The summed E-state index contributed by atoms with van der Waals surface area (Å²) in [4.78, 5) is 35.1. The summed E-state index contributed by atoms with van der Waals surface area (Å²) in [6.07, 6.45) is 7.37. The molecule has 0 aromatic heterocycles. The second-order valence-corrected chi connectivity index (χ2v) is 6.42. The fourth-order valence-corrected chi connectivity index (χ4v) is 2.72. The highest BCUT2D eigenvalue weighted by Gasteiger charge is 2.26. The fourth-order valence-electron chi connectivity index (χ4n) is 2.59. The summed E-state index contributed by atoms with van der Waals surface area (Å²) in [5.41, 5.74) is 0.852. The number of halogens is 1. The Morgan fingerprint density at radius 3 is 2.64 bits per heavy atom. The highest BCUT2D eigenvalue weighted by Crippen LogP contribution is 2.17. The van der Waals surface area contributed by atoms with Gasteiger partial charge in [0.25, 0.3) is 0 Å². The van der Waals surface area contributed by atoms with Crippen molar-refractivity contribution in [3.8, 4) is 0 Å². The van der Waals surface area contributed by atoms with E-state index in [1.807, 2.05) is 12.1 Å². The number of amides is 2. The maximum absolute atomic E-state index is 12.2. The highest BCUT2D eigenvalue weighted by molar-refractivity contribution is 6.30. The van der Waals surface area contributed by atoms with Gasteiger partial charge in [-0.1, -0.05) is 29.8 Å². The molecule has 1 saturated heterocycles. The molecule has 0 aliphatic carbocycles. The molecule has 1 aromatic carbocycles. The van der Waals surface area contributed by atoms with Crippen LogP contribution < -0.4 is 10.6 Å². The average molecular weight is 361 g/mol. The predicted octanol–water partition coefficient (Wildman–Crippen LogP) is 2.51. The molecule has 2 amide bonds. The van der Waals surface area contributed by atoms with Crippen LogP contribution >= 0.6 is 11.6 Å². The molecule has 1 fully saturated rings. The zero-order valence-corrected chi connectivity index (χ0v) is 14.8. The van der Waals surface area contributed by atoms with E-state index in [1.54, 1.807) is 24.3 Å². The molecule has 1 aliphatic rings. The van der Waals surface area contributed by atoms with Crippen LogP contribution in [0, 0.1) is 5.92 Å². The van der Waals surface area contributed by atoms with Crippen molar-refractivity contribution in [1.82, 2.24) is 10.6 Å². The number of nitrogens with one attached hydrogen (secondary N) is 2. The Bertz CT molecular complexity index is 695. The molecule has 132 valence electrons. The Hall–Kier alpha value is -2.40. The molecular weight excluding hydrogens is 340 g/mol. The van der Waals surface area contributed by atoms with E-state index >= 15 is 0 Å². The first kappa shape index (κ1) is 18.9. The van der Waals surface area contributed by atoms with Gasteiger partial charge in [0, 0.05) is 29.6 Å². The van der Waals surface area contributed by atoms with Gasteiger partial charge in [0.15, 0.2) is 5.78 Å². The average Bonchev–Trinajstić information content (AvgIpc) is 2.97. The molecule has 25 heavy (non-hydrogen) atoms. The maximum Gasteiger partial charge on any atom is 0.244 e. The number of benzene rings is 1. The standard InChI is InChI=1S/C19H21ClN2O3/c1-13(23)2-8-17(12-15-10-11-21-19(15)25)22-18(24)9-5-14-3-6-16(20)7-4-14/h2-9,15,17H,10-12H2,1H3,(H,21,25)(H,22,24)/b8-2+,9-5+. The molecule has 1 heterocycles. The summed E-state index contributed by atoms with van der Waals surface area (Å²) >= 11 is 5.83. The monoisotopic (exact) mass is 360 g/mol. The van der Waals surface area contributed by atoms with Crippen LogP contribution in [0.4, 0.5) is 0 Å². The molecule has 2 N–H and O–H groups in total. The van der Waals surface area contributed by atoms with Crippen LogP contribution in [-0.4, -0.2) is 30.2 Å². The molecule has 2 unspecified atom stereocenters. The van der Waals surface area contributed by atoms with E-state index in [0.717, 1.165) is 12.0 Å². The lowest BCUT2D eigenvalue weighted by molar-refractivity contribution is -0.123. The lowest BCUT2D eigenvalue weighted by atomic mass is 9.97. The van der Waals surface area contributed by atoms with E-state index in [4.69, 9.17) is 11.6 Å². The number of carbonyl (C=O) groups excluding carboxylic acids is 3. The summed E-state index contributed by atoms with van der Waals surface area (Å²) in [5, 5.41) is 6.24. The van der Waals surface area contributed by atoms with E-state index in [1.165, 1.54) is 19.1 Å². The van der Waals surface area contributed by atoms with Crippen LogP contribution in [-0.2, 0) is 14.4 Å². The highest BCUT2D eigenvalue weighted by atomic mass is 35.5. The Balaban J connectivity index is 1.98. The van der Waals surface area contributed by atoms with Gasteiger partial charge in [-0.3, -0.25) is 14.4 Å². The van der Waals surface area contributed by atoms with Crippen LogP contribution in [0.5, 0.6) is 0 Å². The first-order chi connectivity index (χ1) is 11.9. The zero-order chi connectivity index (χ0) is 18.2. The third-order valence-corrected chi connectivity index (χ3v) is 4.14. The molecule has 2 rings (SSSR count). The van der Waals surface area contributed by atoms with Crippen molar-refractivity contribution in [3.63, 3.8) is 0 Å². The quantitative estimate of drug-likeness (QED) is 0.733. The summed E-state index contributed by atoms with van der Waals surface area (Å²) in [6.45, 7) is 2.09. The predicted molar refractivity (Wildman–Crippen MR) is 98.0 cm³/mol. The molecule has 2 atom stereocenters. The lowest BCUT2D eigenvalue weighted by Crippen LogP contribution is -2.35. The third kappa shape index (κ3) is 6.55. The van der Waals surface area contributed by atoms with Crippen LogP contribution in [0.2, 0.25) is 5.02 Å². The van der Waals surface area contributed by atoms with Crippen LogP contribution in [0.3, 0.4) is 0 Å². The van der Waals surface area contributed by atoms with Crippen LogP contribution in [0.1, 0.15) is 25.3 Å². The molecule has 0 spiro atoms. The summed E-state index contributed by atoms with van der Waals surface area (Å²) < 4.78 is 0. The van der Waals surface area contributed by atoms with Gasteiger partial charge < -0.3 is 10.6 Å². The normalized spacial score (nSPS) is 18.5. The minimum Gasteiger partial charge on any atom is -0.356 e. The smallest absolute Gasteiger partial charge is 0.244 e. The minimum absolute atomic E-state index is 0.00724. The van der Waals surface area contributed by atoms with Crippen LogP contribution in [0.25, 0.3) is 6.08 Å². The summed E-state index contributed by atoms with van der Waals surface area (Å²) in [5.74, 6) is -0.548. The van der Waals surface area contributed by atoms with Gasteiger partial charge in [-0.25, -0.2) is 0 Å². The van der Waals surface area contributed by atoms with Gasteiger partial charge in [0.2, 0.25) is 11.8 Å². The van der Waals surface area contributed by atoms with E-state index in [-0.39, 0.29) is 29.6 Å². The Kier molecular flexibility index (Phi) is 6.95.